The Morgan fingerprint density at radius 1 is 1.06 bits per heavy atom. The Bertz CT molecular complexity index is 1130. The minimum atomic E-state index is -1.36. The lowest BCUT2D eigenvalue weighted by Gasteiger charge is -2.31. The first-order valence-corrected chi connectivity index (χ1v) is 10.7. The predicted octanol–water partition coefficient (Wildman–Crippen LogP) is 1.43. The molecule has 0 unspecified atom stereocenters. The summed E-state index contributed by atoms with van der Waals surface area (Å²) < 4.78 is 0. The molecule has 5 rings (SSSR count). The molecule has 32 heavy (non-hydrogen) atoms. The number of hydrogen-bond acceptors (Lipinski definition) is 5. The minimum absolute atomic E-state index is 0.0515. The smallest absolute Gasteiger partial charge is 0.250 e. The molecule has 2 aromatic carbocycles. The van der Waals surface area contributed by atoms with Crippen molar-refractivity contribution in [3.05, 3.63) is 65.7 Å². The molecule has 4 amide bonds. The standard InChI is InChI=1S/C24H24N4O4/c1-13(14-7-3-2-4-8-14)28-21(30)19-17(11-12-18(25)29)27-24(20(19)22(28)31)15-9-5-6-10-16(15)26-23(24)32/h2-10,13,17,19-20,27H,11-12H2,1H3,(H2,25,29)(H,26,32)/t13-,17+,19+,20+,24-/m1/s1. The van der Waals surface area contributed by atoms with E-state index in [0.29, 0.717) is 11.3 Å². The molecule has 3 aliphatic heterocycles. The Hall–Kier alpha value is -3.52. The number of nitrogens with two attached hydrogens (primary N) is 1. The summed E-state index contributed by atoms with van der Waals surface area (Å²) in [5, 5.41) is 6.17. The highest BCUT2D eigenvalue weighted by atomic mass is 16.2. The lowest BCUT2D eigenvalue weighted by molar-refractivity contribution is -0.145. The normalized spacial score (nSPS) is 29.2. The zero-order valence-electron chi connectivity index (χ0n) is 17.6. The third kappa shape index (κ3) is 2.72. The number of hydrogen-bond donors (Lipinski definition) is 3. The van der Waals surface area contributed by atoms with E-state index in [4.69, 9.17) is 5.73 Å². The van der Waals surface area contributed by atoms with Crippen molar-refractivity contribution in [3.63, 3.8) is 0 Å². The molecule has 3 heterocycles. The molecule has 164 valence electrons. The summed E-state index contributed by atoms with van der Waals surface area (Å²) >= 11 is 0. The van der Waals surface area contributed by atoms with Crippen LogP contribution in [0.4, 0.5) is 5.69 Å². The highest BCUT2D eigenvalue weighted by Crippen LogP contribution is 2.54. The van der Waals surface area contributed by atoms with Crippen molar-refractivity contribution in [2.24, 2.45) is 17.6 Å². The number of carbonyl (C=O) groups is 4. The topological polar surface area (TPSA) is 122 Å². The van der Waals surface area contributed by atoms with Crippen molar-refractivity contribution >= 4 is 29.3 Å². The minimum Gasteiger partial charge on any atom is -0.370 e. The Kier molecular flexibility index (Phi) is 4.63. The van der Waals surface area contributed by atoms with Crippen LogP contribution in [0.2, 0.25) is 0 Å². The molecular formula is C24H24N4O4. The molecule has 8 nitrogen and oxygen atoms in total. The molecule has 2 fully saturated rings. The van der Waals surface area contributed by atoms with Crippen molar-refractivity contribution in [3.8, 4) is 0 Å². The van der Waals surface area contributed by atoms with E-state index in [9.17, 15) is 19.2 Å². The van der Waals surface area contributed by atoms with Gasteiger partial charge in [-0.05, 0) is 25.0 Å². The van der Waals surface area contributed by atoms with Crippen molar-refractivity contribution in [2.75, 3.05) is 5.32 Å². The van der Waals surface area contributed by atoms with E-state index in [1.54, 1.807) is 24.3 Å². The first-order chi connectivity index (χ1) is 15.4. The van der Waals surface area contributed by atoms with Crippen LogP contribution in [0.1, 0.15) is 36.9 Å². The molecule has 1 spiro atoms. The van der Waals surface area contributed by atoms with Gasteiger partial charge in [0.15, 0.2) is 0 Å². The van der Waals surface area contributed by atoms with Gasteiger partial charge in [0.2, 0.25) is 23.6 Å². The molecule has 4 N–H and O–H groups in total. The van der Waals surface area contributed by atoms with Gasteiger partial charge >= 0.3 is 0 Å². The Morgan fingerprint density at radius 2 is 1.75 bits per heavy atom. The number of anilines is 1. The quantitative estimate of drug-likeness (QED) is 0.617. The fourth-order valence-corrected chi connectivity index (χ4v) is 5.59. The van der Waals surface area contributed by atoms with Crippen molar-refractivity contribution in [1.82, 2.24) is 10.2 Å². The average molecular weight is 432 g/mol. The summed E-state index contributed by atoms with van der Waals surface area (Å²) in [5.41, 5.74) is 6.11. The summed E-state index contributed by atoms with van der Waals surface area (Å²) in [6.45, 7) is 1.81. The van der Waals surface area contributed by atoms with E-state index >= 15 is 0 Å². The number of amides is 4. The fraction of sp³-hybridized carbons (Fsp3) is 0.333. The number of benzene rings is 2. The second-order valence-corrected chi connectivity index (χ2v) is 8.70. The van der Waals surface area contributed by atoms with Gasteiger partial charge in [-0.2, -0.15) is 0 Å². The van der Waals surface area contributed by atoms with Crippen LogP contribution in [0.3, 0.4) is 0 Å². The van der Waals surface area contributed by atoms with Crippen molar-refractivity contribution < 1.29 is 19.2 Å². The highest BCUT2D eigenvalue weighted by molar-refractivity contribution is 6.15. The second kappa shape index (κ2) is 7.27. The lowest BCUT2D eigenvalue weighted by Crippen LogP contribution is -2.53. The van der Waals surface area contributed by atoms with E-state index in [1.807, 2.05) is 37.3 Å². The van der Waals surface area contributed by atoms with Crippen LogP contribution in [0.25, 0.3) is 0 Å². The van der Waals surface area contributed by atoms with Crippen LogP contribution < -0.4 is 16.4 Å². The first-order valence-electron chi connectivity index (χ1n) is 10.7. The molecule has 2 saturated heterocycles. The molecule has 0 saturated carbocycles. The van der Waals surface area contributed by atoms with Crippen molar-refractivity contribution in [1.29, 1.82) is 0 Å². The summed E-state index contributed by atoms with van der Waals surface area (Å²) in [7, 11) is 0. The van der Waals surface area contributed by atoms with Gasteiger partial charge in [0.05, 0.1) is 17.9 Å². The molecule has 0 bridgehead atoms. The number of carbonyl (C=O) groups excluding carboxylic acids is 4. The number of imide groups is 1. The van der Waals surface area contributed by atoms with Crippen LogP contribution >= 0.6 is 0 Å². The maximum atomic E-state index is 13.8. The van der Waals surface area contributed by atoms with Gasteiger partial charge in [0, 0.05) is 23.7 Å². The van der Waals surface area contributed by atoms with E-state index in [0.717, 1.165) is 5.56 Å². The first kappa shape index (κ1) is 20.4. The van der Waals surface area contributed by atoms with Crippen LogP contribution in [0.15, 0.2) is 54.6 Å². The molecule has 0 aromatic heterocycles. The SMILES string of the molecule is C[C@H](c1ccccc1)N1C(=O)[C@H]2[C@H](CCC(N)=O)N[C@@]3(C(=O)Nc4ccccc43)[C@@H]2C1=O. The predicted molar refractivity (Wildman–Crippen MR) is 116 cm³/mol. The summed E-state index contributed by atoms with van der Waals surface area (Å²) in [6.07, 6.45) is 0.316. The maximum absolute atomic E-state index is 13.8. The molecule has 5 atom stereocenters. The summed E-state index contributed by atoms with van der Waals surface area (Å²) in [6, 6.07) is 15.5. The Labute approximate surface area is 185 Å². The van der Waals surface area contributed by atoms with Gasteiger partial charge in [-0.1, -0.05) is 48.5 Å². The van der Waals surface area contributed by atoms with Gasteiger partial charge in [0.25, 0.3) is 0 Å². The molecule has 0 radical (unpaired) electrons. The van der Waals surface area contributed by atoms with Gasteiger partial charge in [-0.15, -0.1) is 0 Å². The van der Waals surface area contributed by atoms with E-state index < -0.39 is 35.4 Å². The zero-order valence-corrected chi connectivity index (χ0v) is 17.6. The summed E-state index contributed by atoms with van der Waals surface area (Å²) in [5.74, 6) is -3.21. The largest absolute Gasteiger partial charge is 0.370 e. The van der Waals surface area contributed by atoms with Gasteiger partial charge < -0.3 is 11.1 Å². The maximum Gasteiger partial charge on any atom is 0.250 e. The fourth-order valence-electron chi connectivity index (χ4n) is 5.59. The van der Waals surface area contributed by atoms with Crippen LogP contribution in [0, 0.1) is 11.8 Å². The molecule has 3 aliphatic rings. The van der Waals surface area contributed by atoms with Gasteiger partial charge in [-0.25, -0.2) is 0 Å². The Balaban J connectivity index is 1.61. The van der Waals surface area contributed by atoms with Crippen LogP contribution in [-0.4, -0.2) is 34.6 Å². The number of fused-ring (bicyclic) bond motifs is 4. The van der Waals surface area contributed by atoms with Crippen LogP contribution in [0.5, 0.6) is 0 Å². The molecule has 0 aliphatic carbocycles. The van der Waals surface area contributed by atoms with E-state index in [1.165, 1.54) is 4.90 Å². The molecular weight excluding hydrogens is 408 g/mol. The number of likely N-dealkylation sites (tertiary alicyclic amines) is 1. The number of para-hydroxylation sites is 1. The van der Waals surface area contributed by atoms with E-state index in [2.05, 4.69) is 10.6 Å². The highest BCUT2D eigenvalue weighted by Gasteiger charge is 2.70. The number of rotatable bonds is 5. The molecule has 2 aromatic rings. The monoisotopic (exact) mass is 432 g/mol. The van der Waals surface area contributed by atoms with Crippen molar-refractivity contribution in [2.45, 2.75) is 37.4 Å². The number of nitrogens with one attached hydrogen (secondary N) is 2. The second-order valence-electron chi connectivity index (χ2n) is 8.70. The van der Waals surface area contributed by atoms with Crippen LogP contribution in [-0.2, 0) is 24.7 Å². The Morgan fingerprint density at radius 3 is 2.47 bits per heavy atom. The number of primary amides is 1. The zero-order chi connectivity index (χ0) is 22.6. The third-order valence-electron chi connectivity index (χ3n) is 7.03. The summed E-state index contributed by atoms with van der Waals surface area (Å²) in [4.78, 5) is 53.6. The third-order valence-corrected chi connectivity index (χ3v) is 7.03. The molecule has 8 heteroatoms. The van der Waals surface area contributed by atoms with Gasteiger partial charge in [0.1, 0.15) is 5.54 Å². The van der Waals surface area contributed by atoms with Gasteiger partial charge in [-0.3, -0.25) is 29.4 Å². The van der Waals surface area contributed by atoms with E-state index in [-0.39, 0.29) is 30.6 Å². The average Bonchev–Trinajstić information content (AvgIpc) is 3.37. The number of nitrogens with zero attached hydrogens (tertiary/aromatic N) is 1. The lowest BCUT2D eigenvalue weighted by atomic mass is 9.76.